The summed E-state index contributed by atoms with van der Waals surface area (Å²) >= 11 is 0. The molecule has 6 heteroatoms. The second-order valence-corrected chi connectivity index (χ2v) is 21.2. The zero-order valence-electron chi connectivity index (χ0n) is 47.4. The molecule has 0 heterocycles. The first-order chi connectivity index (χ1) is 35.0. The number of amides is 1. The third-order valence-corrected chi connectivity index (χ3v) is 14.1. The normalized spacial score (nSPS) is 13.5. The van der Waals surface area contributed by atoms with E-state index in [0.29, 0.717) is 19.3 Å². The predicted molar refractivity (Wildman–Crippen MR) is 310 cm³/mol. The van der Waals surface area contributed by atoms with Crippen LogP contribution >= 0.6 is 0 Å². The fraction of sp³-hybridized carbons (Fsp3) is 0.815. The summed E-state index contributed by atoms with van der Waals surface area (Å²) in [6.45, 7) is 6.47. The van der Waals surface area contributed by atoms with Crippen LogP contribution in [0.1, 0.15) is 316 Å². The predicted octanol–water partition coefficient (Wildman–Crippen LogP) is 19.5. The monoisotopic (exact) mass is 994 g/mol. The third kappa shape index (κ3) is 53.7. The van der Waals surface area contributed by atoms with Gasteiger partial charge >= 0.3 is 5.97 Å². The Morgan fingerprint density at radius 3 is 1.23 bits per heavy atom. The van der Waals surface area contributed by atoms with Gasteiger partial charge in [0.25, 0.3) is 0 Å². The van der Waals surface area contributed by atoms with Crippen LogP contribution in [0.4, 0.5) is 0 Å². The number of hydrogen-bond acceptors (Lipinski definition) is 5. The number of aliphatic hydroxyl groups excluding tert-OH is 2. The van der Waals surface area contributed by atoms with Crippen molar-refractivity contribution < 1.29 is 24.5 Å². The highest BCUT2D eigenvalue weighted by molar-refractivity contribution is 5.77. The molecule has 1 amide bonds. The molecular formula is C65H119NO5. The van der Waals surface area contributed by atoms with E-state index in [4.69, 9.17) is 4.74 Å². The molecule has 0 aromatic rings. The van der Waals surface area contributed by atoms with Crippen LogP contribution < -0.4 is 5.32 Å². The average molecular weight is 995 g/mol. The molecule has 0 aliphatic carbocycles. The molecule has 3 unspecified atom stereocenters. The minimum absolute atomic E-state index is 0.0534. The number of aliphatic hydroxyl groups is 2. The van der Waals surface area contributed by atoms with Crippen molar-refractivity contribution in [1.29, 1.82) is 0 Å². The first-order valence-electron chi connectivity index (χ1n) is 31.0. The number of carbonyl (C=O) groups is 2. The summed E-state index contributed by atoms with van der Waals surface area (Å²) in [5.74, 6) is -0.501. The number of carbonyl (C=O) groups excluding carboxylic acids is 2. The molecule has 6 nitrogen and oxygen atoms in total. The molecule has 0 aliphatic rings. The zero-order valence-corrected chi connectivity index (χ0v) is 47.4. The Labute approximate surface area is 441 Å². The SMILES string of the molecule is CCCCC/C=C\C/C=C\CCCCCCCCCCCC(=O)OC(CCCCC/C=C/C=C/C=C/CCCCCCC)CC(=O)NC(CO)C(O)CCCCCCCCCCCCCCCCCCC. The van der Waals surface area contributed by atoms with Gasteiger partial charge in [0.2, 0.25) is 5.91 Å². The van der Waals surface area contributed by atoms with E-state index in [-0.39, 0.29) is 24.9 Å². The van der Waals surface area contributed by atoms with Gasteiger partial charge < -0.3 is 20.3 Å². The standard InChI is InChI=1S/C65H119NO5/c1-4-7-10-13-16-19-22-25-28-31-32-34-37-40-43-46-49-52-55-58-65(70)71-61(56-53-50-47-44-41-38-35-30-27-24-21-18-15-12-9-6-3)59-64(69)66-62(60-67)63(68)57-54-51-48-45-42-39-36-33-29-26-23-20-17-14-11-8-5-2/h16,19,24-25,27-28,30,35,38,41,61-63,67-68H,4-15,17-18,20-23,26,29,31-34,36-37,39-40,42-60H2,1-3H3,(H,66,69)/b19-16-,27-24+,28-25-,35-30+,41-38+. The lowest BCUT2D eigenvalue weighted by atomic mass is 10.0. The fourth-order valence-electron chi connectivity index (χ4n) is 9.41. The number of nitrogens with one attached hydrogen (secondary N) is 1. The fourth-order valence-corrected chi connectivity index (χ4v) is 9.41. The number of unbranched alkanes of at least 4 members (excludes halogenated alkanes) is 36. The summed E-state index contributed by atoms with van der Waals surface area (Å²) in [5, 5.41) is 24.0. The lowest BCUT2D eigenvalue weighted by Crippen LogP contribution is -2.46. The molecule has 0 fully saturated rings. The molecule has 0 saturated carbocycles. The summed E-state index contributed by atoms with van der Waals surface area (Å²) in [4.78, 5) is 26.4. The van der Waals surface area contributed by atoms with Crippen LogP contribution in [0.3, 0.4) is 0 Å². The van der Waals surface area contributed by atoms with Crippen molar-refractivity contribution >= 4 is 11.9 Å². The van der Waals surface area contributed by atoms with Gasteiger partial charge in [0.1, 0.15) is 6.10 Å². The van der Waals surface area contributed by atoms with Crippen LogP contribution in [-0.2, 0) is 14.3 Å². The number of esters is 1. The number of ether oxygens (including phenoxy) is 1. The Morgan fingerprint density at radius 1 is 0.423 bits per heavy atom. The Hall–Kier alpha value is -2.44. The van der Waals surface area contributed by atoms with E-state index in [2.05, 4.69) is 86.8 Å². The van der Waals surface area contributed by atoms with Crippen molar-refractivity contribution in [3.05, 3.63) is 60.8 Å². The van der Waals surface area contributed by atoms with Gasteiger partial charge in [0, 0.05) is 6.42 Å². The van der Waals surface area contributed by atoms with Gasteiger partial charge in [-0.2, -0.15) is 0 Å². The van der Waals surface area contributed by atoms with E-state index >= 15 is 0 Å². The van der Waals surface area contributed by atoms with E-state index in [1.165, 1.54) is 193 Å². The molecule has 0 spiro atoms. The van der Waals surface area contributed by atoms with Crippen molar-refractivity contribution in [2.75, 3.05) is 6.61 Å². The van der Waals surface area contributed by atoms with Gasteiger partial charge in [0.15, 0.2) is 0 Å². The maximum atomic E-state index is 13.3. The zero-order chi connectivity index (χ0) is 51.6. The molecule has 3 N–H and O–H groups in total. The Balaban J connectivity index is 4.58. The van der Waals surface area contributed by atoms with Crippen molar-refractivity contribution in [2.45, 2.75) is 334 Å². The van der Waals surface area contributed by atoms with E-state index in [9.17, 15) is 19.8 Å². The van der Waals surface area contributed by atoms with Crippen LogP contribution in [-0.4, -0.2) is 46.9 Å². The molecule has 0 aromatic heterocycles. The van der Waals surface area contributed by atoms with Crippen molar-refractivity contribution in [3.63, 3.8) is 0 Å². The highest BCUT2D eigenvalue weighted by Gasteiger charge is 2.24. The van der Waals surface area contributed by atoms with E-state index in [0.717, 1.165) is 77.0 Å². The van der Waals surface area contributed by atoms with Gasteiger partial charge in [-0.15, -0.1) is 0 Å². The molecule has 71 heavy (non-hydrogen) atoms. The van der Waals surface area contributed by atoms with Crippen molar-refractivity contribution in [2.24, 2.45) is 0 Å². The average Bonchev–Trinajstić information content (AvgIpc) is 3.36. The summed E-state index contributed by atoms with van der Waals surface area (Å²) < 4.78 is 5.96. The van der Waals surface area contributed by atoms with Crippen LogP contribution in [0.15, 0.2) is 60.8 Å². The molecular weight excluding hydrogens is 875 g/mol. The first-order valence-corrected chi connectivity index (χ1v) is 31.0. The quantitative estimate of drug-likeness (QED) is 0.0244. The van der Waals surface area contributed by atoms with Gasteiger partial charge in [0.05, 0.1) is 25.2 Å². The van der Waals surface area contributed by atoms with E-state index in [1.807, 2.05) is 0 Å². The second-order valence-electron chi connectivity index (χ2n) is 21.2. The van der Waals surface area contributed by atoms with Crippen LogP contribution in [0.25, 0.3) is 0 Å². The van der Waals surface area contributed by atoms with Gasteiger partial charge in [-0.05, 0) is 83.5 Å². The highest BCUT2D eigenvalue weighted by Crippen LogP contribution is 2.18. The third-order valence-electron chi connectivity index (χ3n) is 14.1. The topological polar surface area (TPSA) is 95.9 Å². The molecule has 0 aromatic carbocycles. The van der Waals surface area contributed by atoms with Gasteiger partial charge in [-0.1, -0.05) is 281 Å². The molecule has 0 bridgehead atoms. The van der Waals surface area contributed by atoms with Gasteiger partial charge in [-0.25, -0.2) is 0 Å². The smallest absolute Gasteiger partial charge is 0.306 e. The molecule has 0 rings (SSSR count). The summed E-state index contributed by atoms with van der Waals surface area (Å²) in [6.07, 6.45) is 74.3. The summed E-state index contributed by atoms with van der Waals surface area (Å²) in [6, 6.07) is -0.716. The highest BCUT2D eigenvalue weighted by atomic mass is 16.5. The molecule has 0 radical (unpaired) electrons. The molecule has 3 atom stereocenters. The summed E-state index contributed by atoms with van der Waals surface area (Å²) in [7, 11) is 0. The lowest BCUT2D eigenvalue weighted by Gasteiger charge is -2.24. The van der Waals surface area contributed by atoms with E-state index in [1.54, 1.807) is 0 Å². The Kier molecular flexibility index (Phi) is 56.4. The summed E-state index contributed by atoms with van der Waals surface area (Å²) in [5.41, 5.74) is 0. The second kappa shape index (κ2) is 58.4. The van der Waals surface area contributed by atoms with Crippen LogP contribution in [0, 0.1) is 0 Å². The molecule has 414 valence electrons. The minimum Gasteiger partial charge on any atom is -0.462 e. The van der Waals surface area contributed by atoms with Crippen LogP contribution in [0.5, 0.6) is 0 Å². The lowest BCUT2D eigenvalue weighted by molar-refractivity contribution is -0.151. The minimum atomic E-state index is -0.801. The van der Waals surface area contributed by atoms with Gasteiger partial charge in [-0.3, -0.25) is 9.59 Å². The molecule has 0 aliphatic heterocycles. The van der Waals surface area contributed by atoms with E-state index < -0.39 is 18.2 Å². The van der Waals surface area contributed by atoms with Crippen molar-refractivity contribution in [1.82, 2.24) is 5.32 Å². The van der Waals surface area contributed by atoms with Crippen LogP contribution in [0.2, 0.25) is 0 Å². The number of rotatable bonds is 56. The first kappa shape index (κ1) is 68.6. The largest absolute Gasteiger partial charge is 0.462 e. The maximum Gasteiger partial charge on any atom is 0.306 e. The number of allylic oxidation sites excluding steroid dienone is 10. The molecule has 0 saturated heterocycles. The Morgan fingerprint density at radius 2 is 0.775 bits per heavy atom. The Bertz CT molecular complexity index is 1250. The number of hydrogen-bond donors (Lipinski definition) is 3. The van der Waals surface area contributed by atoms with Crippen molar-refractivity contribution in [3.8, 4) is 0 Å². The maximum absolute atomic E-state index is 13.3.